The molecule has 3 N–H and O–H groups in total. The third kappa shape index (κ3) is 2.82. The first-order valence-corrected chi connectivity index (χ1v) is 7.55. The smallest absolute Gasteiger partial charge is 0.262 e. The van der Waals surface area contributed by atoms with Gasteiger partial charge in [0.2, 0.25) is 0 Å². The summed E-state index contributed by atoms with van der Waals surface area (Å²) in [5.74, 6) is -1.98. The molecule has 0 aliphatic heterocycles. The van der Waals surface area contributed by atoms with E-state index in [-0.39, 0.29) is 10.6 Å². The van der Waals surface area contributed by atoms with Crippen LogP contribution in [0.25, 0.3) is 0 Å². The number of benzene rings is 2. The second kappa shape index (κ2) is 5.33. The average Bonchev–Trinajstić information content (AvgIpc) is 2.39. The fourth-order valence-electron chi connectivity index (χ4n) is 2.04. The molecule has 0 radical (unpaired) electrons. The fraction of sp³-hybridized carbons (Fsp3) is 0.143. The summed E-state index contributed by atoms with van der Waals surface area (Å²) >= 11 is 0. The summed E-state index contributed by atoms with van der Waals surface area (Å²) in [7, 11) is -4.15. The van der Waals surface area contributed by atoms with E-state index in [0.717, 1.165) is 18.2 Å². The number of nitrogen functional groups attached to an aromatic ring is 1. The molecule has 0 bridgehead atoms. The number of rotatable bonds is 3. The number of halogens is 2. The van der Waals surface area contributed by atoms with Crippen molar-refractivity contribution in [2.75, 3.05) is 10.5 Å². The predicted molar refractivity (Wildman–Crippen MR) is 77.5 cm³/mol. The molecule has 0 fully saturated rings. The minimum atomic E-state index is -4.15. The highest BCUT2D eigenvalue weighted by atomic mass is 32.2. The van der Waals surface area contributed by atoms with Crippen LogP contribution in [0.1, 0.15) is 11.1 Å². The SMILES string of the molecule is Cc1ccc(N)c(C)c1S(=O)(=O)Nc1c(F)cccc1F. The molecular weight excluding hydrogens is 298 g/mol. The number of hydrogen-bond donors (Lipinski definition) is 2. The lowest BCUT2D eigenvalue weighted by Gasteiger charge is -2.15. The lowest BCUT2D eigenvalue weighted by atomic mass is 10.1. The number of nitrogens with two attached hydrogens (primary N) is 1. The van der Waals surface area contributed by atoms with Crippen LogP contribution in [0.15, 0.2) is 35.2 Å². The third-order valence-electron chi connectivity index (χ3n) is 3.11. The van der Waals surface area contributed by atoms with Crippen molar-refractivity contribution in [1.29, 1.82) is 0 Å². The number of sulfonamides is 1. The van der Waals surface area contributed by atoms with Crippen molar-refractivity contribution < 1.29 is 17.2 Å². The molecule has 0 saturated heterocycles. The van der Waals surface area contributed by atoms with Gasteiger partial charge in [0, 0.05) is 5.69 Å². The zero-order valence-corrected chi connectivity index (χ0v) is 12.3. The van der Waals surface area contributed by atoms with Crippen molar-refractivity contribution in [3.8, 4) is 0 Å². The fourth-order valence-corrected chi connectivity index (χ4v) is 3.62. The van der Waals surface area contributed by atoms with E-state index in [4.69, 9.17) is 5.73 Å². The van der Waals surface area contributed by atoms with Crippen LogP contribution in [0.2, 0.25) is 0 Å². The standard InChI is InChI=1S/C14H14F2N2O2S/c1-8-6-7-12(17)9(2)14(8)21(19,20)18-13-10(15)4-3-5-11(13)16/h3-7,18H,17H2,1-2H3. The number of anilines is 2. The summed E-state index contributed by atoms with van der Waals surface area (Å²) in [6.45, 7) is 3.12. The van der Waals surface area contributed by atoms with Gasteiger partial charge in [0.1, 0.15) is 17.3 Å². The Balaban J connectivity index is 2.57. The maximum absolute atomic E-state index is 13.6. The molecule has 4 nitrogen and oxygen atoms in total. The first-order chi connectivity index (χ1) is 9.74. The molecule has 2 aromatic carbocycles. The molecule has 0 aliphatic rings. The Morgan fingerprint density at radius 3 is 2.19 bits per heavy atom. The second-order valence-corrected chi connectivity index (χ2v) is 6.25. The van der Waals surface area contributed by atoms with Gasteiger partial charge in [-0.15, -0.1) is 0 Å². The molecule has 0 aromatic heterocycles. The van der Waals surface area contributed by atoms with Gasteiger partial charge in [0.05, 0.1) is 4.90 Å². The molecule has 0 atom stereocenters. The highest BCUT2D eigenvalue weighted by Gasteiger charge is 2.23. The molecule has 0 heterocycles. The summed E-state index contributed by atoms with van der Waals surface area (Å²) in [6, 6.07) is 6.21. The first-order valence-electron chi connectivity index (χ1n) is 6.06. The van der Waals surface area contributed by atoms with E-state index in [1.165, 1.54) is 13.0 Å². The Labute approximate surface area is 121 Å². The highest BCUT2D eigenvalue weighted by molar-refractivity contribution is 7.92. The van der Waals surface area contributed by atoms with Crippen molar-refractivity contribution in [2.45, 2.75) is 18.7 Å². The largest absolute Gasteiger partial charge is 0.398 e. The zero-order valence-electron chi connectivity index (χ0n) is 11.4. The van der Waals surface area contributed by atoms with Gasteiger partial charge in [-0.2, -0.15) is 0 Å². The van der Waals surface area contributed by atoms with Crippen LogP contribution in [0, 0.1) is 25.5 Å². The van der Waals surface area contributed by atoms with Gasteiger partial charge in [-0.25, -0.2) is 17.2 Å². The van der Waals surface area contributed by atoms with Crippen LogP contribution < -0.4 is 10.5 Å². The molecule has 0 aliphatic carbocycles. The van der Waals surface area contributed by atoms with Crippen molar-refractivity contribution in [3.05, 3.63) is 53.1 Å². The van der Waals surface area contributed by atoms with Gasteiger partial charge < -0.3 is 5.73 Å². The molecule has 0 amide bonds. The average molecular weight is 312 g/mol. The minimum Gasteiger partial charge on any atom is -0.398 e. The van der Waals surface area contributed by atoms with Crippen LogP contribution in [0.5, 0.6) is 0 Å². The normalized spacial score (nSPS) is 11.4. The van der Waals surface area contributed by atoms with Gasteiger partial charge >= 0.3 is 0 Å². The van der Waals surface area contributed by atoms with Gasteiger partial charge in [-0.1, -0.05) is 12.1 Å². The van der Waals surface area contributed by atoms with Gasteiger partial charge in [0.25, 0.3) is 10.0 Å². The summed E-state index contributed by atoms with van der Waals surface area (Å²) in [6.07, 6.45) is 0. The maximum atomic E-state index is 13.6. The number of nitrogens with one attached hydrogen (secondary N) is 1. The summed E-state index contributed by atoms with van der Waals surface area (Å²) in [4.78, 5) is -0.0786. The molecule has 2 rings (SSSR count). The maximum Gasteiger partial charge on any atom is 0.262 e. The van der Waals surface area contributed by atoms with Crippen LogP contribution in [-0.2, 0) is 10.0 Å². The molecule has 2 aromatic rings. The van der Waals surface area contributed by atoms with Crippen molar-refractivity contribution in [1.82, 2.24) is 0 Å². The summed E-state index contributed by atoms with van der Waals surface area (Å²) in [5, 5.41) is 0. The molecule has 21 heavy (non-hydrogen) atoms. The lowest BCUT2D eigenvalue weighted by molar-refractivity contribution is 0.582. The molecule has 0 unspecified atom stereocenters. The Morgan fingerprint density at radius 2 is 1.62 bits per heavy atom. The Morgan fingerprint density at radius 1 is 1.05 bits per heavy atom. The molecular formula is C14H14F2N2O2S. The van der Waals surface area contributed by atoms with E-state index in [1.807, 2.05) is 4.72 Å². The number of aryl methyl sites for hydroxylation is 1. The second-order valence-electron chi connectivity index (χ2n) is 4.63. The predicted octanol–water partition coefficient (Wildman–Crippen LogP) is 2.96. The minimum absolute atomic E-state index is 0.0786. The lowest BCUT2D eigenvalue weighted by Crippen LogP contribution is -2.18. The first kappa shape index (κ1) is 15.2. The van der Waals surface area contributed by atoms with Crippen LogP contribution in [0.4, 0.5) is 20.2 Å². The summed E-state index contributed by atoms with van der Waals surface area (Å²) < 4.78 is 53.9. The van der Waals surface area contributed by atoms with Crippen molar-refractivity contribution in [2.24, 2.45) is 0 Å². The summed E-state index contributed by atoms with van der Waals surface area (Å²) in [5.41, 5.74) is 6.05. The van der Waals surface area contributed by atoms with Crippen LogP contribution in [-0.4, -0.2) is 8.42 Å². The van der Waals surface area contributed by atoms with Crippen molar-refractivity contribution in [3.63, 3.8) is 0 Å². The van der Waals surface area contributed by atoms with Gasteiger partial charge in [-0.3, -0.25) is 4.72 Å². The molecule has 112 valence electrons. The zero-order chi connectivity index (χ0) is 15.8. The number of hydrogen-bond acceptors (Lipinski definition) is 3. The third-order valence-corrected chi connectivity index (χ3v) is 4.75. The van der Waals surface area contributed by atoms with Crippen LogP contribution >= 0.6 is 0 Å². The van der Waals surface area contributed by atoms with E-state index >= 15 is 0 Å². The molecule has 0 saturated carbocycles. The van der Waals surface area contributed by atoms with Crippen molar-refractivity contribution >= 4 is 21.4 Å². The van der Waals surface area contributed by atoms with E-state index in [1.54, 1.807) is 13.0 Å². The number of para-hydroxylation sites is 1. The molecule has 0 spiro atoms. The quantitative estimate of drug-likeness (QED) is 0.856. The van der Waals surface area contributed by atoms with E-state index in [9.17, 15) is 17.2 Å². The monoisotopic (exact) mass is 312 g/mol. The Hall–Kier alpha value is -2.15. The van der Waals surface area contributed by atoms with E-state index in [0.29, 0.717) is 11.1 Å². The van der Waals surface area contributed by atoms with E-state index < -0.39 is 27.3 Å². The Kier molecular flexibility index (Phi) is 3.87. The Bertz CT molecular complexity index is 785. The van der Waals surface area contributed by atoms with E-state index in [2.05, 4.69) is 0 Å². The van der Waals surface area contributed by atoms with Gasteiger partial charge in [0.15, 0.2) is 0 Å². The van der Waals surface area contributed by atoms with Crippen LogP contribution in [0.3, 0.4) is 0 Å². The topological polar surface area (TPSA) is 72.2 Å². The van der Waals surface area contributed by atoms with Gasteiger partial charge in [-0.05, 0) is 43.2 Å². The highest BCUT2D eigenvalue weighted by Crippen LogP contribution is 2.28. The molecule has 7 heteroatoms.